The summed E-state index contributed by atoms with van der Waals surface area (Å²) >= 11 is 0. The van der Waals surface area contributed by atoms with E-state index in [9.17, 15) is 4.57 Å². The van der Waals surface area contributed by atoms with Crippen LogP contribution >= 0.6 is 8.69 Å². The van der Waals surface area contributed by atoms with E-state index in [2.05, 4.69) is 25.7 Å². The molecule has 10 heavy (non-hydrogen) atoms. The predicted octanol–water partition coefficient (Wildman–Crippen LogP) is 0.267. The molecule has 0 saturated carbocycles. The van der Waals surface area contributed by atoms with E-state index in [1.54, 1.807) is 0 Å². The van der Waals surface area contributed by atoms with Gasteiger partial charge < -0.3 is 4.48 Å². The summed E-state index contributed by atoms with van der Waals surface area (Å²) in [6, 6.07) is 0. The molecule has 0 aliphatic heterocycles. The van der Waals surface area contributed by atoms with Gasteiger partial charge in [0, 0.05) is 0 Å². The summed E-state index contributed by atoms with van der Waals surface area (Å²) in [6.45, 7) is 1.43. The third kappa shape index (κ3) is 11.8. The predicted molar refractivity (Wildman–Crippen MR) is 43.6 cm³/mol. The van der Waals surface area contributed by atoms with E-state index in [0.29, 0.717) is 6.61 Å². The maximum atomic E-state index is 9.76. The third-order valence-electron chi connectivity index (χ3n) is 0.906. The second-order valence-electron chi connectivity index (χ2n) is 2.92. The van der Waals surface area contributed by atoms with Crippen LogP contribution in [-0.2, 0) is 9.09 Å². The molecule has 0 aromatic heterocycles. The van der Waals surface area contributed by atoms with Crippen molar-refractivity contribution in [2.24, 2.45) is 0 Å². The van der Waals surface area contributed by atoms with Crippen LogP contribution in [0, 0.1) is 0 Å². The van der Waals surface area contributed by atoms with Gasteiger partial charge in [-0.2, -0.15) is 0 Å². The van der Waals surface area contributed by atoms with Gasteiger partial charge in [-0.25, -0.2) is 4.57 Å². The molecule has 0 aromatic carbocycles. The van der Waals surface area contributed by atoms with Crippen molar-refractivity contribution in [2.45, 2.75) is 0 Å². The molecule has 0 aliphatic rings. The monoisotopic (exact) mass is 174 g/mol. The van der Waals surface area contributed by atoms with Gasteiger partial charge in [0.25, 0.3) is 0 Å². The number of hydrogen-bond donors (Lipinski definition) is 0. The van der Waals surface area contributed by atoms with Gasteiger partial charge in [-0.1, -0.05) is 0 Å². The van der Waals surface area contributed by atoms with E-state index in [1.165, 1.54) is 0 Å². The fourth-order valence-corrected chi connectivity index (χ4v) is 0.508. The summed E-state index contributed by atoms with van der Waals surface area (Å²) in [5.74, 6) is 0. The first-order valence-electron chi connectivity index (χ1n) is 2.81. The summed E-state index contributed by atoms with van der Waals surface area (Å²) < 4.78 is 15.2. The normalized spacial score (nSPS) is 11.1. The molecule has 0 saturated heterocycles. The molecule has 0 aliphatic carbocycles. The van der Waals surface area contributed by atoms with Crippen molar-refractivity contribution in [3.8, 4) is 0 Å². The first kappa shape index (κ1) is 13.6. The molecule has 0 rings (SSSR count). The average molecular weight is 174 g/mol. The molecule has 0 bridgehead atoms. The number of hydrogen-bond acceptors (Lipinski definition) is 2. The van der Waals surface area contributed by atoms with Gasteiger partial charge in [0.15, 0.2) is 0 Å². The number of quaternary nitrogens is 1. The molecule has 0 atom stereocenters. The fraction of sp³-hybridized carbons (Fsp3) is 1.00. The molecule has 0 unspecified atom stereocenters. The van der Waals surface area contributed by atoms with Gasteiger partial charge in [0.1, 0.15) is 13.2 Å². The zero-order valence-corrected chi connectivity index (χ0v) is 7.02. The molecular formula is C5H14NNaO2P+. The van der Waals surface area contributed by atoms with Crippen molar-refractivity contribution >= 4 is 38.2 Å². The second kappa shape index (κ2) is 6.71. The molecule has 0 aromatic rings. The van der Waals surface area contributed by atoms with Crippen molar-refractivity contribution in [1.82, 2.24) is 0 Å². The van der Waals surface area contributed by atoms with Gasteiger partial charge in [-0.05, 0) is 0 Å². The molecular weight excluding hydrogens is 160 g/mol. The third-order valence-corrected chi connectivity index (χ3v) is 1.19. The summed E-state index contributed by atoms with van der Waals surface area (Å²) in [6.07, 6.45) is 0. The van der Waals surface area contributed by atoms with Crippen LogP contribution in [0.15, 0.2) is 0 Å². The van der Waals surface area contributed by atoms with Gasteiger partial charge in [-0.15, -0.1) is 0 Å². The van der Waals surface area contributed by atoms with E-state index >= 15 is 0 Å². The Labute approximate surface area is 85.9 Å². The Bertz CT molecular complexity index is 94.1. The summed E-state index contributed by atoms with van der Waals surface area (Å²) in [5.41, 5.74) is 0. The Kier molecular flexibility index (Phi) is 9.13. The summed E-state index contributed by atoms with van der Waals surface area (Å²) in [5, 5.41) is 0. The van der Waals surface area contributed by atoms with E-state index < -0.39 is 0 Å². The van der Waals surface area contributed by atoms with E-state index in [1.807, 2.05) is 0 Å². The summed E-state index contributed by atoms with van der Waals surface area (Å²) in [4.78, 5) is 0. The van der Waals surface area contributed by atoms with Crippen molar-refractivity contribution in [3.05, 3.63) is 0 Å². The Hall–Kier alpha value is 1.02. The SMILES string of the molecule is C[N+](C)(C)CCOP=O.[NaH]. The van der Waals surface area contributed by atoms with Gasteiger partial charge in [-0.3, -0.25) is 4.52 Å². The van der Waals surface area contributed by atoms with E-state index in [-0.39, 0.29) is 38.2 Å². The van der Waals surface area contributed by atoms with Crippen LogP contribution in [0.4, 0.5) is 0 Å². The minimum absolute atomic E-state index is 0. The average Bonchev–Trinajstić information content (AvgIpc) is 1.63. The zero-order chi connectivity index (χ0) is 7.33. The van der Waals surface area contributed by atoms with Crippen LogP contribution in [0.2, 0.25) is 0 Å². The fourth-order valence-electron chi connectivity index (χ4n) is 0.352. The number of rotatable bonds is 4. The van der Waals surface area contributed by atoms with Gasteiger partial charge in [0.2, 0.25) is 0 Å². The zero-order valence-electron chi connectivity index (χ0n) is 6.13. The number of nitrogens with zero attached hydrogens (tertiary/aromatic N) is 1. The topological polar surface area (TPSA) is 26.3 Å². The van der Waals surface area contributed by atoms with Crippen molar-refractivity contribution < 1.29 is 13.6 Å². The van der Waals surface area contributed by atoms with Crippen LogP contribution < -0.4 is 0 Å². The van der Waals surface area contributed by atoms with Gasteiger partial charge >= 0.3 is 38.2 Å². The molecule has 56 valence electrons. The Morgan fingerprint density at radius 1 is 1.40 bits per heavy atom. The second-order valence-corrected chi connectivity index (χ2v) is 3.33. The van der Waals surface area contributed by atoms with Crippen LogP contribution in [0.25, 0.3) is 0 Å². The van der Waals surface area contributed by atoms with Crippen LogP contribution in [0.5, 0.6) is 0 Å². The van der Waals surface area contributed by atoms with Crippen LogP contribution in [-0.4, -0.2) is 68.3 Å². The molecule has 0 fully saturated rings. The van der Waals surface area contributed by atoms with Crippen LogP contribution in [0.3, 0.4) is 0 Å². The first-order chi connectivity index (χ1) is 4.06. The molecule has 0 spiro atoms. The van der Waals surface area contributed by atoms with Crippen LogP contribution in [0.1, 0.15) is 0 Å². The van der Waals surface area contributed by atoms with Gasteiger partial charge in [0.05, 0.1) is 21.1 Å². The Morgan fingerprint density at radius 2 is 1.90 bits per heavy atom. The molecule has 5 heteroatoms. The molecule has 0 radical (unpaired) electrons. The van der Waals surface area contributed by atoms with E-state index in [4.69, 9.17) is 0 Å². The minimum atomic E-state index is -0.217. The maximum absolute atomic E-state index is 9.76. The number of likely N-dealkylation sites (N-methyl/N-ethyl adjacent to an activating group) is 1. The molecule has 0 heterocycles. The molecule has 3 nitrogen and oxygen atoms in total. The van der Waals surface area contributed by atoms with Crippen molar-refractivity contribution in [2.75, 3.05) is 34.3 Å². The summed E-state index contributed by atoms with van der Waals surface area (Å²) in [7, 11) is 5.96. The standard InChI is InChI=1S/C5H13NO2P.Na.H/c1-6(2,3)4-5-8-9-7;;/h4-5H2,1-3H3;;/q+1;;. The van der Waals surface area contributed by atoms with Crippen molar-refractivity contribution in [1.29, 1.82) is 0 Å². The molecule has 0 amide bonds. The quantitative estimate of drug-likeness (QED) is 0.264. The molecule has 0 N–H and O–H groups in total. The first-order valence-corrected chi connectivity index (χ1v) is 3.54. The Morgan fingerprint density at radius 3 is 2.20 bits per heavy atom. The Balaban J connectivity index is 0. The van der Waals surface area contributed by atoms with E-state index in [0.717, 1.165) is 11.0 Å². The van der Waals surface area contributed by atoms with Crippen molar-refractivity contribution in [3.63, 3.8) is 0 Å².